The van der Waals surface area contributed by atoms with Crippen LogP contribution in [0.2, 0.25) is 0 Å². The molecular formula is C10H16O9. The molecule has 0 aromatic heterocycles. The third-order valence-electron chi connectivity index (χ3n) is 1.87. The Labute approximate surface area is 108 Å². The van der Waals surface area contributed by atoms with Gasteiger partial charge in [0.15, 0.2) is 11.4 Å². The van der Waals surface area contributed by atoms with E-state index in [4.69, 9.17) is 25.5 Å². The van der Waals surface area contributed by atoms with Crippen molar-refractivity contribution < 1.29 is 44.7 Å². The molecule has 0 aromatic carbocycles. The van der Waals surface area contributed by atoms with Crippen LogP contribution in [0.3, 0.4) is 0 Å². The first-order valence-corrected chi connectivity index (χ1v) is 5.00. The van der Waals surface area contributed by atoms with E-state index in [9.17, 15) is 19.2 Å². The van der Waals surface area contributed by atoms with Crippen molar-refractivity contribution in [2.75, 3.05) is 0 Å². The Morgan fingerprint density at radius 1 is 1.00 bits per heavy atom. The summed E-state index contributed by atoms with van der Waals surface area (Å²) >= 11 is 0. The van der Waals surface area contributed by atoms with Crippen molar-refractivity contribution in [1.29, 1.82) is 0 Å². The van der Waals surface area contributed by atoms with E-state index >= 15 is 0 Å². The molecule has 0 aliphatic carbocycles. The van der Waals surface area contributed by atoms with Gasteiger partial charge in [0.2, 0.25) is 0 Å². The van der Waals surface area contributed by atoms with E-state index in [1.54, 1.807) is 0 Å². The van der Waals surface area contributed by atoms with Gasteiger partial charge < -0.3 is 25.5 Å². The minimum absolute atomic E-state index is 0.185. The number of hydrogen-bond acceptors (Lipinski definition) is 6. The Morgan fingerprint density at radius 2 is 1.26 bits per heavy atom. The van der Waals surface area contributed by atoms with Crippen LogP contribution < -0.4 is 0 Å². The van der Waals surface area contributed by atoms with Crippen molar-refractivity contribution in [2.45, 2.75) is 38.4 Å². The van der Waals surface area contributed by atoms with E-state index in [0.717, 1.165) is 0 Å². The second-order valence-corrected chi connectivity index (χ2v) is 3.76. The number of aliphatic carboxylic acids is 3. The molecule has 9 nitrogen and oxygen atoms in total. The summed E-state index contributed by atoms with van der Waals surface area (Å²) in [5.74, 6) is -5.20. The number of carboxylic acids is 3. The van der Waals surface area contributed by atoms with Crippen LogP contribution in [0, 0.1) is 0 Å². The highest BCUT2D eigenvalue weighted by atomic mass is 16.4. The molecule has 0 saturated carbocycles. The fourth-order valence-corrected chi connectivity index (χ4v) is 0.714. The molecule has 9 heteroatoms. The molecule has 0 aliphatic heterocycles. The zero-order valence-electron chi connectivity index (χ0n) is 10.4. The van der Waals surface area contributed by atoms with Crippen LogP contribution in [0.15, 0.2) is 0 Å². The Hall–Kier alpha value is -2.00. The summed E-state index contributed by atoms with van der Waals surface area (Å²) in [6.07, 6.45) is -3.08. The summed E-state index contributed by atoms with van der Waals surface area (Å²) in [7, 11) is 0. The van der Waals surface area contributed by atoms with Crippen molar-refractivity contribution in [3.05, 3.63) is 0 Å². The highest BCUT2D eigenvalue weighted by molar-refractivity contribution is 5.88. The van der Waals surface area contributed by atoms with Crippen LogP contribution in [0.5, 0.6) is 0 Å². The molecule has 1 unspecified atom stereocenters. The monoisotopic (exact) mass is 280 g/mol. The Balaban J connectivity index is 0. The van der Waals surface area contributed by atoms with Gasteiger partial charge in [-0.2, -0.15) is 0 Å². The number of hydrogen-bond donors (Lipinski definition) is 5. The first-order valence-electron chi connectivity index (χ1n) is 5.00. The quantitative estimate of drug-likeness (QED) is 0.397. The summed E-state index contributed by atoms with van der Waals surface area (Å²) in [5, 5.41) is 42.1. The predicted molar refractivity (Wildman–Crippen MR) is 59.5 cm³/mol. The topological polar surface area (TPSA) is 169 Å². The SMILES string of the molecule is CC(=O)C(C)O.O=C(O)CC(O)(CC(=O)O)C(=O)O. The fraction of sp³-hybridized carbons (Fsp3) is 0.600. The standard InChI is InChI=1S/C6H8O7.C4H8O2/c7-3(8)1-6(13,5(11)12)2-4(9)10;1-3(5)4(2)6/h13H,1-2H2,(H,7,8)(H,9,10)(H,11,12);3,5H,1-2H3. The molecule has 0 bridgehead atoms. The summed E-state index contributed by atoms with van der Waals surface area (Å²) in [6, 6.07) is 0. The maximum Gasteiger partial charge on any atom is 0.336 e. The molecule has 0 amide bonds. The first-order chi connectivity index (χ1) is 8.42. The van der Waals surface area contributed by atoms with Gasteiger partial charge in [0.25, 0.3) is 0 Å². The van der Waals surface area contributed by atoms with Crippen molar-refractivity contribution in [3.63, 3.8) is 0 Å². The van der Waals surface area contributed by atoms with Gasteiger partial charge in [-0.15, -0.1) is 0 Å². The van der Waals surface area contributed by atoms with Crippen LogP contribution in [-0.4, -0.2) is 60.9 Å². The molecule has 0 aromatic rings. The highest BCUT2D eigenvalue weighted by Crippen LogP contribution is 2.15. The maximum absolute atomic E-state index is 10.3. The van der Waals surface area contributed by atoms with Gasteiger partial charge in [0.1, 0.15) is 6.10 Å². The molecule has 19 heavy (non-hydrogen) atoms. The summed E-state index contributed by atoms with van der Waals surface area (Å²) in [5.41, 5.74) is -2.74. The van der Waals surface area contributed by atoms with Crippen molar-refractivity contribution in [1.82, 2.24) is 0 Å². The molecule has 0 saturated heterocycles. The molecule has 1 atom stereocenters. The Bertz CT molecular complexity index is 342. The van der Waals surface area contributed by atoms with Gasteiger partial charge in [-0.1, -0.05) is 0 Å². The predicted octanol–water partition coefficient (Wildman–Crippen LogP) is -1.29. The van der Waals surface area contributed by atoms with Gasteiger partial charge in [0, 0.05) is 0 Å². The molecule has 5 N–H and O–H groups in total. The van der Waals surface area contributed by atoms with E-state index in [0.29, 0.717) is 0 Å². The second kappa shape index (κ2) is 8.16. The smallest absolute Gasteiger partial charge is 0.336 e. The third-order valence-corrected chi connectivity index (χ3v) is 1.87. The lowest BCUT2D eigenvalue weighted by Crippen LogP contribution is -2.42. The molecule has 110 valence electrons. The minimum atomic E-state index is -2.74. The molecule has 0 rings (SSSR count). The lowest BCUT2D eigenvalue weighted by atomic mass is 9.96. The van der Waals surface area contributed by atoms with Crippen molar-refractivity contribution in [2.24, 2.45) is 0 Å². The lowest BCUT2D eigenvalue weighted by Gasteiger charge is -2.18. The molecule has 0 heterocycles. The van der Waals surface area contributed by atoms with E-state index in [1.807, 2.05) is 0 Å². The van der Waals surface area contributed by atoms with Crippen LogP contribution in [-0.2, 0) is 19.2 Å². The number of carbonyl (C=O) groups is 4. The zero-order chi connectivity index (χ0) is 15.8. The molecule has 0 fully saturated rings. The summed E-state index contributed by atoms with van der Waals surface area (Å²) in [4.78, 5) is 40.4. The lowest BCUT2D eigenvalue weighted by molar-refractivity contribution is -0.170. The zero-order valence-corrected chi connectivity index (χ0v) is 10.4. The normalized spacial score (nSPS) is 11.8. The maximum atomic E-state index is 10.3. The minimum Gasteiger partial charge on any atom is -0.481 e. The molecular weight excluding hydrogens is 264 g/mol. The van der Waals surface area contributed by atoms with E-state index < -0.39 is 42.5 Å². The van der Waals surface area contributed by atoms with Crippen LogP contribution in [0.25, 0.3) is 0 Å². The summed E-state index contributed by atoms with van der Waals surface area (Å²) < 4.78 is 0. The molecule has 0 aliphatic rings. The first kappa shape index (κ1) is 19.3. The average Bonchev–Trinajstić information content (AvgIpc) is 2.14. The third kappa shape index (κ3) is 9.68. The highest BCUT2D eigenvalue weighted by Gasteiger charge is 2.40. The van der Waals surface area contributed by atoms with Gasteiger partial charge in [0.05, 0.1) is 12.8 Å². The summed E-state index contributed by atoms with van der Waals surface area (Å²) in [6.45, 7) is 2.80. The Kier molecular flexibility index (Phi) is 8.31. The van der Waals surface area contributed by atoms with Crippen LogP contribution in [0.4, 0.5) is 0 Å². The number of carbonyl (C=O) groups excluding carboxylic acids is 1. The largest absolute Gasteiger partial charge is 0.481 e. The number of rotatable bonds is 6. The van der Waals surface area contributed by atoms with Gasteiger partial charge in [-0.3, -0.25) is 14.4 Å². The van der Waals surface area contributed by atoms with Crippen molar-refractivity contribution >= 4 is 23.7 Å². The van der Waals surface area contributed by atoms with E-state index in [-0.39, 0.29) is 5.78 Å². The van der Waals surface area contributed by atoms with Gasteiger partial charge in [-0.25, -0.2) is 4.79 Å². The van der Waals surface area contributed by atoms with Crippen molar-refractivity contribution in [3.8, 4) is 0 Å². The number of Topliss-reactive ketones (excluding diaryl/α,β-unsaturated/α-hetero) is 1. The van der Waals surface area contributed by atoms with E-state index in [1.165, 1.54) is 13.8 Å². The van der Waals surface area contributed by atoms with Gasteiger partial charge in [-0.05, 0) is 13.8 Å². The van der Waals surface area contributed by atoms with E-state index in [2.05, 4.69) is 0 Å². The average molecular weight is 280 g/mol. The molecule has 0 radical (unpaired) electrons. The fourth-order valence-electron chi connectivity index (χ4n) is 0.714. The number of ketones is 1. The number of aliphatic hydroxyl groups excluding tert-OH is 1. The number of carboxylic acid groups (broad SMARTS) is 3. The second-order valence-electron chi connectivity index (χ2n) is 3.76. The van der Waals surface area contributed by atoms with Crippen LogP contribution >= 0.6 is 0 Å². The van der Waals surface area contributed by atoms with Crippen LogP contribution in [0.1, 0.15) is 26.7 Å². The Morgan fingerprint density at radius 3 is 1.37 bits per heavy atom. The molecule has 0 spiro atoms. The van der Waals surface area contributed by atoms with Gasteiger partial charge >= 0.3 is 17.9 Å². The number of aliphatic hydroxyl groups is 2.